The minimum Gasteiger partial charge on any atom is -0.366 e. The zero-order valence-electron chi connectivity index (χ0n) is 13.0. The van der Waals surface area contributed by atoms with Gasteiger partial charge in [-0.1, -0.05) is 6.58 Å². The molecule has 1 amide bonds. The number of nitrogens with one attached hydrogen (secondary N) is 4. The number of hydrogen-bond acceptors (Lipinski definition) is 7. The fraction of sp³-hybridized carbons (Fsp3) is 0.769. The van der Waals surface area contributed by atoms with Gasteiger partial charge < -0.3 is 38.5 Å². The number of rotatable bonds is 14. The first-order valence-corrected chi connectivity index (χ1v) is 7.33. The molecule has 0 saturated carbocycles. The molecular weight excluding hydrogens is 270 g/mol. The molecule has 0 aliphatic rings. The average molecular weight is 303 g/mol. The summed E-state index contributed by atoms with van der Waals surface area (Å²) in [6.07, 6.45) is 1.06. The molecule has 126 valence electrons. The van der Waals surface area contributed by atoms with Crippen molar-refractivity contribution in [3.05, 3.63) is 12.7 Å². The Labute approximate surface area is 128 Å². The molecule has 0 fully saturated rings. The van der Waals surface area contributed by atoms with Crippen molar-refractivity contribution < 1.29 is 4.79 Å². The quantitative estimate of drug-likeness (QED) is 0.133. The summed E-state index contributed by atoms with van der Waals surface area (Å²) in [5, 5.41) is 13.1. The summed E-state index contributed by atoms with van der Waals surface area (Å²) in [5.41, 5.74) is 15.2. The van der Waals surface area contributed by atoms with Gasteiger partial charge in [-0.3, -0.25) is 4.79 Å². The highest BCUT2D eigenvalue weighted by atomic mass is 16.1. The van der Waals surface area contributed by atoms with Crippen molar-refractivity contribution in [2.24, 2.45) is 17.2 Å². The predicted octanol–water partition coefficient (Wildman–Crippen LogP) is -3.08. The van der Waals surface area contributed by atoms with Crippen LogP contribution < -0.4 is 38.5 Å². The lowest BCUT2D eigenvalue weighted by molar-refractivity contribution is -0.113. The molecule has 0 rings (SSSR count). The summed E-state index contributed by atoms with van der Waals surface area (Å²) in [4.78, 5) is 9.47. The Hall–Kier alpha value is -1.03. The molecule has 0 radical (unpaired) electrons. The Balaban J connectivity index is 0. The third-order valence-electron chi connectivity index (χ3n) is 2.28. The highest BCUT2D eigenvalue weighted by Gasteiger charge is 1.89. The van der Waals surface area contributed by atoms with Gasteiger partial charge in [0.1, 0.15) is 0 Å². The van der Waals surface area contributed by atoms with Crippen LogP contribution in [0.2, 0.25) is 0 Å². The number of carbonyl (C=O) groups excluding carboxylic acids is 1. The van der Waals surface area contributed by atoms with Crippen molar-refractivity contribution in [3.63, 3.8) is 0 Å². The van der Waals surface area contributed by atoms with Crippen LogP contribution in [0, 0.1) is 0 Å². The number of hydrogen-bond donors (Lipinski definition) is 7. The number of carbonyl (C=O) groups is 1. The van der Waals surface area contributed by atoms with E-state index in [1.807, 2.05) is 0 Å². The molecule has 0 unspecified atom stereocenters. The van der Waals surface area contributed by atoms with E-state index >= 15 is 0 Å². The van der Waals surface area contributed by atoms with Crippen LogP contribution in [0.4, 0.5) is 0 Å². The Morgan fingerprint density at radius 3 is 1.19 bits per heavy atom. The van der Waals surface area contributed by atoms with Gasteiger partial charge in [0.15, 0.2) is 0 Å². The van der Waals surface area contributed by atoms with E-state index in [0.717, 1.165) is 58.4 Å². The van der Waals surface area contributed by atoms with Gasteiger partial charge in [-0.25, -0.2) is 0 Å². The van der Waals surface area contributed by atoms with Crippen LogP contribution in [-0.4, -0.2) is 71.4 Å². The van der Waals surface area contributed by atoms with Crippen molar-refractivity contribution in [1.82, 2.24) is 21.3 Å². The number of nitrogens with two attached hydrogens (primary N) is 3. The van der Waals surface area contributed by atoms with Crippen LogP contribution in [0.3, 0.4) is 0 Å². The molecule has 8 nitrogen and oxygen atoms in total. The number of amides is 1. The summed E-state index contributed by atoms with van der Waals surface area (Å²) in [5.74, 6) is -0.481. The van der Waals surface area contributed by atoms with Crippen molar-refractivity contribution in [3.8, 4) is 0 Å². The standard InChI is InChI=1S/C10H28N6.C3H5NO/c11-1-3-13-5-7-15-9-10-16-8-6-14-4-2-12;1-2-3(4)5/h13-16H,1-12H2;2H,1H2,(H2,4,5). The molecule has 0 heterocycles. The van der Waals surface area contributed by atoms with E-state index in [0.29, 0.717) is 13.1 Å². The molecule has 0 atom stereocenters. The Kier molecular flexibility index (Phi) is 22.5. The fourth-order valence-corrected chi connectivity index (χ4v) is 1.23. The number of primary amides is 1. The molecule has 0 saturated heterocycles. The maximum Gasteiger partial charge on any atom is 0.240 e. The minimum absolute atomic E-state index is 0.481. The lowest BCUT2D eigenvalue weighted by Gasteiger charge is -2.07. The maximum absolute atomic E-state index is 9.47. The third kappa shape index (κ3) is 28.0. The molecule has 0 bridgehead atoms. The van der Waals surface area contributed by atoms with Gasteiger partial charge in [-0.15, -0.1) is 0 Å². The Morgan fingerprint density at radius 2 is 1.00 bits per heavy atom. The second kappa shape index (κ2) is 21.3. The van der Waals surface area contributed by atoms with Gasteiger partial charge in [0, 0.05) is 65.4 Å². The van der Waals surface area contributed by atoms with E-state index in [4.69, 9.17) is 11.5 Å². The van der Waals surface area contributed by atoms with Crippen LogP contribution in [0.25, 0.3) is 0 Å². The normalized spacial score (nSPS) is 9.81. The topological polar surface area (TPSA) is 143 Å². The smallest absolute Gasteiger partial charge is 0.240 e. The van der Waals surface area contributed by atoms with Crippen LogP contribution in [0.5, 0.6) is 0 Å². The zero-order chi connectivity index (χ0) is 16.2. The van der Waals surface area contributed by atoms with E-state index in [1.54, 1.807) is 0 Å². The Morgan fingerprint density at radius 1 is 0.762 bits per heavy atom. The molecule has 0 aliphatic heterocycles. The SMILES string of the molecule is C=CC(N)=O.NCCNCCNCCNCCNCCN. The monoisotopic (exact) mass is 303 g/mol. The van der Waals surface area contributed by atoms with Gasteiger partial charge in [-0.05, 0) is 6.08 Å². The molecule has 10 N–H and O–H groups in total. The molecule has 0 aromatic carbocycles. The highest BCUT2D eigenvalue weighted by molar-refractivity contribution is 5.84. The first-order chi connectivity index (χ1) is 10.2. The van der Waals surface area contributed by atoms with E-state index in [9.17, 15) is 4.79 Å². The van der Waals surface area contributed by atoms with Gasteiger partial charge in [0.25, 0.3) is 0 Å². The molecular formula is C13H33N7O. The summed E-state index contributed by atoms with van der Waals surface area (Å²) in [6, 6.07) is 0. The predicted molar refractivity (Wildman–Crippen MR) is 89.0 cm³/mol. The summed E-state index contributed by atoms with van der Waals surface area (Å²) >= 11 is 0. The third-order valence-corrected chi connectivity index (χ3v) is 2.28. The van der Waals surface area contributed by atoms with E-state index in [1.165, 1.54) is 0 Å². The lowest BCUT2D eigenvalue weighted by Crippen LogP contribution is -2.36. The summed E-state index contributed by atoms with van der Waals surface area (Å²) in [7, 11) is 0. The van der Waals surface area contributed by atoms with E-state index < -0.39 is 5.91 Å². The molecule has 0 aromatic rings. The van der Waals surface area contributed by atoms with Crippen molar-refractivity contribution in [2.75, 3.05) is 65.4 Å². The van der Waals surface area contributed by atoms with Crippen LogP contribution in [0.1, 0.15) is 0 Å². The van der Waals surface area contributed by atoms with Crippen LogP contribution in [-0.2, 0) is 4.79 Å². The van der Waals surface area contributed by atoms with E-state index in [-0.39, 0.29) is 0 Å². The highest BCUT2D eigenvalue weighted by Crippen LogP contribution is 1.62. The van der Waals surface area contributed by atoms with Gasteiger partial charge >= 0.3 is 0 Å². The summed E-state index contributed by atoms with van der Waals surface area (Å²) < 4.78 is 0. The van der Waals surface area contributed by atoms with Crippen LogP contribution >= 0.6 is 0 Å². The zero-order valence-corrected chi connectivity index (χ0v) is 13.0. The largest absolute Gasteiger partial charge is 0.366 e. The van der Waals surface area contributed by atoms with E-state index in [2.05, 4.69) is 33.6 Å². The van der Waals surface area contributed by atoms with Crippen LogP contribution in [0.15, 0.2) is 12.7 Å². The van der Waals surface area contributed by atoms with Gasteiger partial charge in [-0.2, -0.15) is 0 Å². The average Bonchev–Trinajstić information content (AvgIpc) is 2.49. The second-order valence-corrected chi connectivity index (χ2v) is 4.18. The molecule has 0 spiro atoms. The minimum atomic E-state index is -0.481. The van der Waals surface area contributed by atoms with Crippen molar-refractivity contribution >= 4 is 5.91 Å². The van der Waals surface area contributed by atoms with Gasteiger partial charge in [0.2, 0.25) is 5.91 Å². The maximum atomic E-state index is 9.47. The van der Waals surface area contributed by atoms with Crippen molar-refractivity contribution in [1.29, 1.82) is 0 Å². The molecule has 8 heteroatoms. The lowest BCUT2D eigenvalue weighted by atomic mass is 10.5. The first-order valence-electron chi connectivity index (χ1n) is 7.33. The fourth-order valence-electron chi connectivity index (χ4n) is 1.23. The van der Waals surface area contributed by atoms with Gasteiger partial charge in [0.05, 0.1) is 0 Å². The van der Waals surface area contributed by atoms with Crippen molar-refractivity contribution in [2.45, 2.75) is 0 Å². The molecule has 21 heavy (non-hydrogen) atoms. The first kappa shape index (κ1) is 22.3. The Bertz CT molecular complexity index is 213. The molecule has 0 aromatic heterocycles. The summed E-state index contributed by atoms with van der Waals surface area (Å²) in [6.45, 7) is 12.2. The second-order valence-electron chi connectivity index (χ2n) is 4.18. The molecule has 0 aliphatic carbocycles.